The molecule has 0 spiro atoms. The van der Waals surface area contributed by atoms with Crippen LogP contribution in [0, 0.1) is 17.6 Å². The number of halogens is 2. The maximum Gasteiger partial charge on any atom is 0.411 e. The fourth-order valence-electron chi connectivity index (χ4n) is 4.99. The van der Waals surface area contributed by atoms with Crippen LogP contribution < -0.4 is 4.90 Å². The minimum Gasteiger partial charge on any atom is -0.479 e. The van der Waals surface area contributed by atoms with Gasteiger partial charge in [0.1, 0.15) is 0 Å². The van der Waals surface area contributed by atoms with Crippen molar-refractivity contribution in [3.63, 3.8) is 0 Å². The number of carbonyl (C=O) groups excluding carboxylic acids is 2. The van der Waals surface area contributed by atoms with Crippen molar-refractivity contribution in [3.05, 3.63) is 65.2 Å². The molecule has 1 aliphatic heterocycles. The molecule has 0 radical (unpaired) electrons. The van der Waals surface area contributed by atoms with Crippen LogP contribution in [-0.4, -0.2) is 46.7 Å². The van der Waals surface area contributed by atoms with Gasteiger partial charge in [-0.15, -0.1) is 0 Å². The number of nitrogens with zero attached hydrogens (tertiary/aromatic N) is 2. The van der Waals surface area contributed by atoms with Gasteiger partial charge in [-0.1, -0.05) is 18.2 Å². The van der Waals surface area contributed by atoms with Gasteiger partial charge in [0.15, 0.2) is 18.2 Å². The summed E-state index contributed by atoms with van der Waals surface area (Å²) in [5, 5.41) is 8.92. The molecule has 172 valence electrons. The zero-order chi connectivity index (χ0) is 23.3. The van der Waals surface area contributed by atoms with Crippen LogP contribution in [-0.2, 0) is 9.53 Å². The Morgan fingerprint density at radius 1 is 1.03 bits per heavy atom. The average molecular weight is 456 g/mol. The van der Waals surface area contributed by atoms with Gasteiger partial charge in [-0.2, -0.15) is 0 Å². The number of amides is 2. The second-order valence-electron chi connectivity index (χ2n) is 8.70. The van der Waals surface area contributed by atoms with E-state index in [1.165, 1.54) is 6.07 Å². The van der Waals surface area contributed by atoms with Crippen LogP contribution in [0.1, 0.15) is 47.6 Å². The number of rotatable bonds is 5. The van der Waals surface area contributed by atoms with Crippen molar-refractivity contribution >= 4 is 23.7 Å². The summed E-state index contributed by atoms with van der Waals surface area (Å²) >= 11 is 0. The first-order chi connectivity index (χ1) is 15.9. The van der Waals surface area contributed by atoms with Crippen molar-refractivity contribution in [3.8, 4) is 0 Å². The van der Waals surface area contributed by atoms with Gasteiger partial charge < -0.3 is 14.7 Å². The number of anilines is 1. The Kier molecular flexibility index (Phi) is 5.26. The monoisotopic (exact) mass is 456 g/mol. The highest BCUT2D eigenvalue weighted by Gasteiger charge is 2.54. The quantitative estimate of drug-likeness (QED) is 0.731. The van der Waals surface area contributed by atoms with Gasteiger partial charge in [-0.25, -0.2) is 18.4 Å². The number of fused-ring (bicyclic) bond motifs is 2. The fourth-order valence-corrected chi connectivity index (χ4v) is 4.99. The van der Waals surface area contributed by atoms with Crippen molar-refractivity contribution < 1.29 is 33.0 Å². The van der Waals surface area contributed by atoms with Crippen LogP contribution in [0.2, 0.25) is 0 Å². The van der Waals surface area contributed by atoms with E-state index in [0.29, 0.717) is 12.1 Å². The van der Waals surface area contributed by atoms with Gasteiger partial charge in [-0.3, -0.25) is 9.69 Å². The molecule has 2 saturated carbocycles. The Morgan fingerprint density at radius 2 is 1.79 bits per heavy atom. The summed E-state index contributed by atoms with van der Waals surface area (Å²) in [5.41, 5.74) is 1.41. The molecule has 0 aromatic heterocycles. The highest BCUT2D eigenvalue weighted by molar-refractivity contribution is 6.07. The lowest BCUT2D eigenvalue weighted by molar-refractivity contribution is -0.140. The lowest BCUT2D eigenvalue weighted by atomic mass is 9.68. The second kappa shape index (κ2) is 8.13. The third-order valence-electron chi connectivity index (χ3n) is 6.70. The van der Waals surface area contributed by atoms with E-state index in [-0.39, 0.29) is 29.6 Å². The summed E-state index contributed by atoms with van der Waals surface area (Å²) in [6.07, 6.45) is 2.39. The Labute approximate surface area is 188 Å². The standard InChI is InChI=1S/C24H22F2N2O5/c25-17-9-5-13(11-18(17)26)23(31)28-19-4-2-1-3-15(19)22(16-8-10-20(16)28)27(14-6-7-14)24(32)33-12-21(29)30/h1-5,9,11,14,16,20,22H,6-8,10,12H2,(H,29,30). The number of hydrogen-bond acceptors (Lipinski definition) is 4. The zero-order valence-electron chi connectivity index (χ0n) is 17.6. The highest BCUT2D eigenvalue weighted by Crippen LogP contribution is 2.54. The number of ether oxygens (including phenoxy) is 1. The van der Waals surface area contributed by atoms with Crippen LogP contribution in [0.25, 0.3) is 0 Å². The first-order valence-corrected chi connectivity index (χ1v) is 10.9. The summed E-state index contributed by atoms with van der Waals surface area (Å²) in [6, 6.07) is 9.71. The molecular formula is C24H22F2N2O5. The average Bonchev–Trinajstić information content (AvgIpc) is 3.60. The van der Waals surface area contributed by atoms with Gasteiger partial charge in [-0.05, 0) is 55.5 Å². The molecule has 0 saturated heterocycles. The van der Waals surface area contributed by atoms with Gasteiger partial charge in [0, 0.05) is 29.3 Å². The van der Waals surface area contributed by atoms with E-state index in [1.54, 1.807) is 21.9 Å². The maximum absolute atomic E-state index is 13.8. The number of carbonyl (C=O) groups is 3. The minimum atomic E-state index is -1.23. The van der Waals surface area contributed by atoms with Crippen molar-refractivity contribution in [2.24, 2.45) is 5.92 Å². The predicted octanol–water partition coefficient (Wildman–Crippen LogP) is 4.13. The van der Waals surface area contributed by atoms with E-state index in [2.05, 4.69) is 0 Å². The smallest absolute Gasteiger partial charge is 0.411 e. The Bertz CT molecular complexity index is 1140. The molecule has 1 heterocycles. The number of aliphatic carboxylic acids is 1. The first-order valence-electron chi connectivity index (χ1n) is 10.9. The minimum absolute atomic E-state index is 0.0425. The molecule has 2 fully saturated rings. The normalized spacial score (nSPS) is 23.1. The predicted molar refractivity (Wildman–Crippen MR) is 113 cm³/mol. The molecule has 33 heavy (non-hydrogen) atoms. The molecule has 3 unspecified atom stereocenters. The highest BCUT2D eigenvalue weighted by atomic mass is 19.2. The van der Waals surface area contributed by atoms with Crippen molar-refractivity contribution in [2.45, 2.75) is 43.8 Å². The van der Waals surface area contributed by atoms with E-state index >= 15 is 0 Å². The zero-order valence-corrected chi connectivity index (χ0v) is 17.6. The molecule has 2 amide bonds. The number of carboxylic acids is 1. The molecule has 7 nitrogen and oxygen atoms in total. The molecule has 9 heteroatoms. The molecule has 2 aromatic carbocycles. The molecule has 2 aromatic rings. The van der Waals surface area contributed by atoms with E-state index in [1.807, 2.05) is 12.1 Å². The van der Waals surface area contributed by atoms with Crippen LogP contribution in [0.4, 0.5) is 19.3 Å². The Morgan fingerprint density at radius 3 is 2.42 bits per heavy atom. The molecule has 0 bridgehead atoms. The summed E-state index contributed by atoms with van der Waals surface area (Å²) in [5.74, 6) is -3.84. The van der Waals surface area contributed by atoms with E-state index < -0.39 is 36.2 Å². The van der Waals surface area contributed by atoms with Crippen molar-refractivity contribution in [1.29, 1.82) is 0 Å². The van der Waals surface area contributed by atoms with E-state index in [4.69, 9.17) is 9.84 Å². The molecular weight excluding hydrogens is 434 g/mol. The number of carboxylic acid groups (broad SMARTS) is 1. The number of hydrogen-bond donors (Lipinski definition) is 1. The summed E-state index contributed by atoms with van der Waals surface area (Å²) in [4.78, 5) is 40.5. The lowest BCUT2D eigenvalue weighted by Crippen LogP contribution is -2.59. The summed E-state index contributed by atoms with van der Waals surface area (Å²) in [6.45, 7) is -0.717. The third-order valence-corrected chi connectivity index (χ3v) is 6.70. The maximum atomic E-state index is 13.8. The van der Waals surface area contributed by atoms with Crippen LogP contribution >= 0.6 is 0 Å². The van der Waals surface area contributed by atoms with Gasteiger partial charge in [0.25, 0.3) is 5.91 Å². The van der Waals surface area contributed by atoms with Gasteiger partial charge in [0.2, 0.25) is 0 Å². The van der Waals surface area contributed by atoms with E-state index in [9.17, 15) is 23.2 Å². The molecule has 3 aliphatic rings. The number of benzene rings is 2. The Balaban J connectivity index is 1.53. The largest absolute Gasteiger partial charge is 0.479 e. The fraction of sp³-hybridized carbons (Fsp3) is 0.375. The molecule has 5 rings (SSSR count). The molecule has 2 aliphatic carbocycles. The van der Waals surface area contributed by atoms with Crippen molar-refractivity contribution in [2.75, 3.05) is 11.5 Å². The summed E-state index contributed by atoms with van der Waals surface area (Å²) in [7, 11) is 0. The lowest BCUT2D eigenvalue weighted by Gasteiger charge is -2.55. The van der Waals surface area contributed by atoms with Gasteiger partial charge in [0.05, 0.1) is 6.04 Å². The topological polar surface area (TPSA) is 87.2 Å². The van der Waals surface area contributed by atoms with Crippen LogP contribution in [0.3, 0.4) is 0 Å². The van der Waals surface area contributed by atoms with E-state index in [0.717, 1.165) is 37.0 Å². The van der Waals surface area contributed by atoms with Gasteiger partial charge >= 0.3 is 12.1 Å². The first kappa shape index (κ1) is 21.4. The molecule has 1 N–H and O–H groups in total. The number of para-hydroxylation sites is 1. The third kappa shape index (κ3) is 3.71. The molecule has 3 atom stereocenters. The van der Waals surface area contributed by atoms with Crippen LogP contribution in [0.15, 0.2) is 42.5 Å². The van der Waals surface area contributed by atoms with Crippen molar-refractivity contribution in [1.82, 2.24) is 4.90 Å². The van der Waals surface area contributed by atoms with Crippen LogP contribution in [0.5, 0.6) is 0 Å². The second-order valence-corrected chi connectivity index (χ2v) is 8.70. The SMILES string of the molecule is O=C(O)COC(=O)N(C1CC1)C1c2ccccc2N(C(=O)c2ccc(F)c(F)c2)C2CCC21. The summed E-state index contributed by atoms with van der Waals surface area (Å²) < 4.78 is 32.3. The Hall–Kier alpha value is -3.49.